The van der Waals surface area contributed by atoms with Crippen LogP contribution in [0.1, 0.15) is 24.5 Å². The van der Waals surface area contributed by atoms with Crippen LogP contribution < -0.4 is 5.32 Å². The highest BCUT2D eigenvalue weighted by Gasteiger charge is 2.39. The van der Waals surface area contributed by atoms with Gasteiger partial charge in [-0.25, -0.2) is 0 Å². The molecule has 0 radical (unpaired) electrons. The van der Waals surface area contributed by atoms with Crippen LogP contribution in [0.15, 0.2) is 24.3 Å². The van der Waals surface area contributed by atoms with Crippen molar-refractivity contribution in [2.75, 3.05) is 20.7 Å². The van der Waals surface area contributed by atoms with Gasteiger partial charge in [-0.3, -0.25) is 9.69 Å². The summed E-state index contributed by atoms with van der Waals surface area (Å²) in [6.07, 6.45) is 2.78. The first kappa shape index (κ1) is 14.5. The zero-order chi connectivity index (χ0) is 15.0. The number of rotatable bonds is 3. The molecule has 3 rings (SSSR count). The lowest BCUT2D eigenvalue weighted by molar-refractivity contribution is -0.126. The number of carbonyl (C=O) groups excluding carboxylic acids is 1. The van der Waals surface area contributed by atoms with Crippen molar-refractivity contribution in [1.82, 2.24) is 10.2 Å². The number of nitrogens with one attached hydrogen (secondary N) is 1. The smallest absolute Gasteiger partial charge is 0.237 e. The Kier molecular flexibility index (Phi) is 3.76. The Morgan fingerprint density at radius 1 is 1.33 bits per heavy atom. The van der Waals surface area contributed by atoms with E-state index in [1.54, 1.807) is 7.11 Å². The van der Waals surface area contributed by atoms with E-state index >= 15 is 0 Å². The molecule has 1 saturated heterocycles. The SMILES string of the molecule is CO[C@H]1C[C@@H](C(=O)NC2(C)Cc3ccccc3C2)N(C)C1. The van der Waals surface area contributed by atoms with E-state index in [1.807, 2.05) is 7.05 Å². The monoisotopic (exact) mass is 288 g/mol. The molecule has 1 amide bonds. The first-order chi connectivity index (χ1) is 10.0. The van der Waals surface area contributed by atoms with Gasteiger partial charge in [0.2, 0.25) is 5.91 Å². The Morgan fingerprint density at radius 2 is 1.95 bits per heavy atom. The van der Waals surface area contributed by atoms with E-state index in [2.05, 4.69) is 41.4 Å². The number of likely N-dealkylation sites (N-methyl/N-ethyl adjacent to an activating group) is 1. The second-order valence-electron chi connectivity index (χ2n) is 6.72. The maximum atomic E-state index is 12.6. The third-order valence-corrected chi connectivity index (χ3v) is 4.85. The first-order valence-electron chi connectivity index (χ1n) is 7.62. The van der Waals surface area contributed by atoms with Gasteiger partial charge in [-0.2, -0.15) is 0 Å². The summed E-state index contributed by atoms with van der Waals surface area (Å²) in [5.74, 6) is 0.132. The first-order valence-corrected chi connectivity index (χ1v) is 7.62. The van der Waals surface area contributed by atoms with E-state index in [0.29, 0.717) is 0 Å². The van der Waals surface area contributed by atoms with Crippen molar-refractivity contribution in [2.24, 2.45) is 0 Å². The highest BCUT2D eigenvalue weighted by molar-refractivity contribution is 5.83. The standard InChI is InChI=1S/C17H24N2O2/c1-17(9-12-6-4-5-7-13(12)10-17)18-16(20)15-8-14(21-3)11-19(15)2/h4-7,14-15H,8-11H2,1-3H3,(H,18,20)/t14-,15-/m0/s1. The van der Waals surface area contributed by atoms with Crippen LogP contribution in [-0.2, 0) is 22.4 Å². The lowest BCUT2D eigenvalue weighted by Gasteiger charge is -2.29. The molecule has 1 fully saturated rings. The highest BCUT2D eigenvalue weighted by Crippen LogP contribution is 2.30. The average molecular weight is 288 g/mol. The lowest BCUT2D eigenvalue weighted by Crippen LogP contribution is -2.52. The Hall–Kier alpha value is -1.39. The van der Waals surface area contributed by atoms with Gasteiger partial charge in [0.25, 0.3) is 0 Å². The molecular weight excluding hydrogens is 264 g/mol. The fraction of sp³-hybridized carbons (Fsp3) is 0.588. The maximum absolute atomic E-state index is 12.6. The van der Waals surface area contributed by atoms with Crippen molar-refractivity contribution in [3.8, 4) is 0 Å². The van der Waals surface area contributed by atoms with Crippen LogP contribution in [0.25, 0.3) is 0 Å². The lowest BCUT2D eigenvalue weighted by atomic mass is 9.97. The number of hydrogen-bond donors (Lipinski definition) is 1. The zero-order valence-corrected chi connectivity index (χ0v) is 13.1. The van der Waals surface area contributed by atoms with E-state index in [0.717, 1.165) is 25.8 Å². The van der Waals surface area contributed by atoms with Gasteiger partial charge in [0.05, 0.1) is 12.1 Å². The van der Waals surface area contributed by atoms with Crippen molar-refractivity contribution >= 4 is 5.91 Å². The predicted octanol–water partition coefficient (Wildman–Crippen LogP) is 1.38. The molecule has 1 aromatic carbocycles. The van der Waals surface area contributed by atoms with E-state index in [4.69, 9.17) is 4.74 Å². The second kappa shape index (κ2) is 5.43. The Balaban J connectivity index is 1.66. The van der Waals surface area contributed by atoms with Crippen LogP contribution in [0.3, 0.4) is 0 Å². The molecule has 0 unspecified atom stereocenters. The topological polar surface area (TPSA) is 41.6 Å². The van der Waals surface area contributed by atoms with Gasteiger partial charge >= 0.3 is 0 Å². The van der Waals surface area contributed by atoms with Crippen molar-refractivity contribution < 1.29 is 9.53 Å². The Morgan fingerprint density at radius 3 is 2.48 bits per heavy atom. The quantitative estimate of drug-likeness (QED) is 0.913. The molecule has 0 spiro atoms. The Labute approximate surface area is 126 Å². The van der Waals surface area contributed by atoms with Crippen molar-refractivity contribution in [3.05, 3.63) is 35.4 Å². The molecule has 0 bridgehead atoms. The molecule has 1 aliphatic carbocycles. The molecule has 2 aliphatic rings. The van der Waals surface area contributed by atoms with Gasteiger partial charge in [0.15, 0.2) is 0 Å². The number of hydrogen-bond acceptors (Lipinski definition) is 3. The summed E-state index contributed by atoms with van der Waals surface area (Å²) in [6.45, 7) is 2.97. The Bertz CT molecular complexity index is 518. The minimum Gasteiger partial charge on any atom is -0.380 e. The summed E-state index contributed by atoms with van der Waals surface area (Å²) < 4.78 is 5.39. The third kappa shape index (κ3) is 2.83. The molecule has 0 aromatic heterocycles. The van der Waals surface area contributed by atoms with Crippen LogP contribution in [-0.4, -0.2) is 49.2 Å². The van der Waals surface area contributed by atoms with Crippen molar-refractivity contribution in [3.63, 3.8) is 0 Å². The number of likely N-dealkylation sites (tertiary alicyclic amines) is 1. The van der Waals surface area contributed by atoms with E-state index in [1.165, 1.54) is 11.1 Å². The molecule has 1 aromatic rings. The summed E-state index contributed by atoms with van der Waals surface area (Å²) >= 11 is 0. The number of carbonyl (C=O) groups is 1. The molecule has 1 N–H and O–H groups in total. The van der Waals surface area contributed by atoms with Gasteiger partial charge in [0, 0.05) is 19.2 Å². The second-order valence-corrected chi connectivity index (χ2v) is 6.72. The van der Waals surface area contributed by atoms with Crippen LogP contribution >= 0.6 is 0 Å². The van der Waals surface area contributed by atoms with Gasteiger partial charge < -0.3 is 10.1 Å². The van der Waals surface area contributed by atoms with Gasteiger partial charge in [-0.1, -0.05) is 24.3 Å². The summed E-state index contributed by atoms with van der Waals surface area (Å²) in [4.78, 5) is 14.7. The molecule has 1 aliphatic heterocycles. The van der Waals surface area contributed by atoms with E-state index < -0.39 is 0 Å². The predicted molar refractivity (Wildman–Crippen MR) is 82.2 cm³/mol. The van der Waals surface area contributed by atoms with E-state index in [-0.39, 0.29) is 23.6 Å². The number of benzene rings is 1. The highest BCUT2D eigenvalue weighted by atomic mass is 16.5. The number of ether oxygens (including phenoxy) is 1. The molecule has 0 saturated carbocycles. The summed E-state index contributed by atoms with van der Waals surface area (Å²) in [5, 5.41) is 3.28. The van der Waals surface area contributed by atoms with Gasteiger partial charge in [-0.15, -0.1) is 0 Å². The fourth-order valence-electron chi connectivity index (χ4n) is 3.70. The molecule has 114 valence electrons. The number of amides is 1. The normalized spacial score (nSPS) is 27.6. The van der Waals surface area contributed by atoms with Gasteiger partial charge in [0.1, 0.15) is 0 Å². The number of fused-ring (bicyclic) bond motifs is 1. The largest absolute Gasteiger partial charge is 0.380 e. The molecule has 2 atom stereocenters. The fourth-order valence-corrected chi connectivity index (χ4v) is 3.70. The summed E-state index contributed by atoms with van der Waals surface area (Å²) in [6, 6.07) is 8.39. The molecule has 4 nitrogen and oxygen atoms in total. The van der Waals surface area contributed by atoms with Crippen LogP contribution in [0.5, 0.6) is 0 Å². The third-order valence-electron chi connectivity index (χ3n) is 4.85. The van der Waals surface area contributed by atoms with E-state index in [9.17, 15) is 4.79 Å². The molecule has 4 heteroatoms. The van der Waals surface area contributed by atoms with Gasteiger partial charge in [-0.05, 0) is 44.4 Å². The minimum atomic E-state index is -0.160. The number of nitrogens with zero attached hydrogens (tertiary/aromatic N) is 1. The maximum Gasteiger partial charge on any atom is 0.237 e. The summed E-state index contributed by atoms with van der Waals surface area (Å²) in [5.41, 5.74) is 2.55. The van der Waals surface area contributed by atoms with Crippen molar-refractivity contribution in [1.29, 1.82) is 0 Å². The van der Waals surface area contributed by atoms with Crippen LogP contribution in [0.4, 0.5) is 0 Å². The molecular formula is C17H24N2O2. The van der Waals surface area contributed by atoms with Crippen LogP contribution in [0, 0.1) is 0 Å². The molecule has 1 heterocycles. The zero-order valence-electron chi connectivity index (χ0n) is 13.1. The number of methoxy groups -OCH3 is 1. The van der Waals surface area contributed by atoms with Crippen molar-refractivity contribution in [2.45, 2.75) is 43.9 Å². The molecule has 21 heavy (non-hydrogen) atoms. The average Bonchev–Trinajstić information content (AvgIpc) is 2.97. The van der Waals surface area contributed by atoms with Crippen LogP contribution in [0.2, 0.25) is 0 Å². The minimum absolute atomic E-state index is 0.0736. The summed E-state index contributed by atoms with van der Waals surface area (Å²) in [7, 11) is 3.71.